The normalized spacial score (nSPS) is 12.4. The van der Waals surface area contributed by atoms with Gasteiger partial charge in [-0.05, 0) is 30.2 Å². The maximum absolute atomic E-state index is 13.4. The minimum atomic E-state index is -4.57. The number of carbonyl (C=O) groups is 1. The molecule has 0 bridgehead atoms. The lowest BCUT2D eigenvalue weighted by Gasteiger charge is -2.20. The summed E-state index contributed by atoms with van der Waals surface area (Å²) < 4.78 is 46.9. The highest BCUT2D eigenvalue weighted by Crippen LogP contribution is 2.36. The number of hydrogen-bond donors (Lipinski definition) is 1. The summed E-state index contributed by atoms with van der Waals surface area (Å²) in [6, 6.07) is 21.0. The summed E-state index contributed by atoms with van der Waals surface area (Å²) in [6.07, 6.45) is -4.57. The number of rotatable bonds is 6. The standard InChI is InChI=1S/C26H21F3N2O3/c1-2-34-25(33)23(18-12-7-4-8-13-18)31-22(17-10-5-3-6-11-17)21(24(32)30-31)19-14-9-15-20(16-19)26(27,28)29/h3-16,23H,2H2,1H3,(H,30,32). The fraction of sp³-hybridized carbons (Fsp3) is 0.154. The Morgan fingerprint density at radius 2 is 1.56 bits per heavy atom. The van der Waals surface area contributed by atoms with Gasteiger partial charge in [0, 0.05) is 5.56 Å². The first kappa shape index (κ1) is 23.1. The van der Waals surface area contributed by atoms with Crippen molar-refractivity contribution < 1.29 is 22.7 Å². The number of hydrogen-bond acceptors (Lipinski definition) is 3. The van der Waals surface area contributed by atoms with Crippen molar-refractivity contribution in [3.63, 3.8) is 0 Å². The Morgan fingerprint density at radius 1 is 0.941 bits per heavy atom. The van der Waals surface area contributed by atoms with E-state index in [9.17, 15) is 22.8 Å². The van der Waals surface area contributed by atoms with Crippen molar-refractivity contribution in [2.75, 3.05) is 6.61 Å². The summed E-state index contributed by atoms with van der Waals surface area (Å²) in [5.74, 6) is -0.604. The van der Waals surface area contributed by atoms with E-state index in [1.165, 1.54) is 16.8 Å². The van der Waals surface area contributed by atoms with Crippen molar-refractivity contribution in [1.29, 1.82) is 0 Å². The van der Waals surface area contributed by atoms with E-state index >= 15 is 0 Å². The maximum Gasteiger partial charge on any atom is 0.416 e. The van der Waals surface area contributed by atoms with E-state index in [1.54, 1.807) is 67.6 Å². The van der Waals surface area contributed by atoms with Crippen LogP contribution in [0.3, 0.4) is 0 Å². The van der Waals surface area contributed by atoms with Crippen molar-refractivity contribution in [1.82, 2.24) is 9.78 Å². The molecular weight excluding hydrogens is 445 g/mol. The van der Waals surface area contributed by atoms with Crippen molar-refractivity contribution in [3.05, 3.63) is 106 Å². The Bertz CT molecular complexity index is 1340. The zero-order chi connectivity index (χ0) is 24.3. The molecule has 0 spiro atoms. The monoisotopic (exact) mass is 466 g/mol. The van der Waals surface area contributed by atoms with Gasteiger partial charge in [-0.25, -0.2) is 4.79 Å². The molecule has 0 aliphatic heterocycles. The number of ether oxygens (including phenoxy) is 1. The lowest BCUT2D eigenvalue weighted by Crippen LogP contribution is -2.25. The molecule has 0 amide bonds. The van der Waals surface area contributed by atoms with Crippen molar-refractivity contribution >= 4 is 5.97 Å². The molecule has 0 aliphatic rings. The largest absolute Gasteiger partial charge is 0.464 e. The molecule has 1 unspecified atom stereocenters. The lowest BCUT2D eigenvalue weighted by molar-refractivity contribution is -0.146. The molecule has 1 heterocycles. The molecule has 5 nitrogen and oxygen atoms in total. The predicted molar refractivity (Wildman–Crippen MR) is 122 cm³/mol. The number of aromatic nitrogens is 2. The molecule has 174 valence electrons. The number of carbonyl (C=O) groups excluding carboxylic acids is 1. The number of alkyl halides is 3. The van der Waals surface area contributed by atoms with Crippen LogP contribution in [-0.2, 0) is 15.7 Å². The first-order chi connectivity index (χ1) is 16.3. The minimum Gasteiger partial charge on any atom is -0.464 e. The number of benzene rings is 3. The molecule has 3 aromatic carbocycles. The Morgan fingerprint density at radius 3 is 2.18 bits per heavy atom. The van der Waals surface area contributed by atoms with Crippen LogP contribution >= 0.6 is 0 Å². The zero-order valence-corrected chi connectivity index (χ0v) is 18.2. The molecule has 34 heavy (non-hydrogen) atoms. The Kier molecular flexibility index (Phi) is 6.40. The fourth-order valence-electron chi connectivity index (χ4n) is 3.89. The van der Waals surface area contributed by atoms with Crippen molar-refractivity contribution in [2.24, 2.45) is 0 Å². The fourth-order valence-corrected chi connectivity index (χ4v) is 3.89. The topological polar surface area (TPSA) is 64.1 Å². The van der Waals surface area contributed by atoms with Crippen LogP contribution in [0.2, 0.25) is 0 Å². The number of nitrogens with one attached hydrogen (secondary N) is 1. The first-order valence-electron chi connectivity index (χ1n) is 10.6. The smallest absolute Gasteiger partial charge is 0.416 e. The van der Waals surface area contributed by atoms with Gasteiger partial charge in [0.05, 0.1) is 23.4 Å². The molecule has 8 heteroatoms. The third-order valence-electron chi connectivity index (χ3n) is 5.34. The Hall–Kier alpha value is -4.07. The summed E-state index contributed by atoms with van der Waals surface area (Å²) in [7, 11) is 0. The van der Waals surface area contributed by atoms with E-state index in [1.807, 2.05) is 0 Å². The van der Waals surface area contributed by atoms with Gasteiger partial charge in [-0.15, -0.1) is 0 Å². The number of esters is 1. The van der Waals surface area contributed by atoms with Crippen LogP contribution in [0.1, 0.15) is 24.1 Å². The van der Waals surface area contributed by atoms with E-state index in [0.29, 0.717) is 11.1 Å². The van der Waals surface area contributed by atoms with Gasteiger partial charge in [-0.1, -0.05) is 72.8 Å². The van der Waals surface area contributed by atoms with Crippen LogP contribution in [0.15, 0.2) is 89.7 Å². The van der Waals surface area contributed by atoms with Crippen molar-refractivity contribution in [3.8, 4) is 22.4 Å². The van der Waals surface area contributed by atoms with Crippen LogP contribution in [0.5, 0.6) is 0 Å². The van der Waals surface area contributed by atoms with Gasteiger partial charge in [-0.3, -0.25) is 14.6 Å². The quantitative estimate of drug-likeness (QED) is 0.372. The number of halogens is 3. The molecule has 0 radical (unpaired) electrons. The third kappa shape index (κ3) is 4.52. The van der Waals surface area contributed by atoms with Gasteiger partial charge in [0.15, 0.2) is 6.04 Å². The Labute approximate surface area is 193 Å². The summed E-state index contributed by atoms with van der Waals surface area (Å²) in [5, 5.41) is 2.69. The second kappa shape index (κ2) is 9.43. The molecule has 4 aromatic rings. The van der Waals surface area contributed by atoms with Crippen LogP contribution in [-0.4, -0.2) is 22.4 Å². The molecule has 1 N–H and O–H groups in total. The van der Waals surface area contributed by atoms with Gasteiger partial charge in [-0.2, -0.15) is 13.2 Å². The molecular formula is C26H21F3N2O3. The average Bonchev–Trinajstić information content (AvgIpc) is 3.16. The van der Waals surface area contributed by atoms with E-state index in [4.69, 9.17) is 4.74 Å². The second-order valence-corrected chi connectivity index (χ2v) is 7.54. The van der Waals surface area contributed by atoms with Gasteiger partial charge in [0.1, 0.15) is 0 Å². The summed E-state index contributed by atoms with van der Waals surface area (Å²) in [5.41, 5.74) is 0.0155. The highest BCUT2D eigenvalue weighted by atomic mass is 19.4. The third-order valence-corrected chi connectivity index (χ3v) is 5.34. The highest BCUT2D eigenvalue weighted by Gasteiger charge is 2.33. The van der Waals surface area contributed by atoms with E-state index < -0.39 is 29.3 Å². The maximum atomic E-state index is 13.4. The number of nitrogens with zero attached hydrogens (tertiary/aromatic N) is 1. The zero-order valence-electron chi connectivity index (χ0n) is 18.2. The molecule has 0 aliphatic carbocycles. The molecule has 1 aromatic heterocycles. The van der Waals surface area contributed by atoms with Crippen LogP contribution in [0.25, 0.3) is 22.4 Å². The van der Waals surface area contributed by atoms with E-state index in [-0.39, 0.29) is 23.4 Å². The van der Waals surface area contributed by atoms with Gasteiger partial charge in [0.2, 0.25) is 0 Å². The minimum absolute atomic E-state index is 0.0301. The van der Waals surface area contributed by atoms with Crippen molar-refractivity contribution in [2.45, 2.75) is 19.1 Å². The second-order valence-electron chi connectivity index (χ2n) is 7.54. The molecule has 0 saturated heterocycles. The van der Waals surface area contributed by atoms with Crippen LogP contribution in [0.4, 0.5) is 13.2 Å². The summed E-state index contributed by atoms with van der Waals surface area (Å²) in [4.78, 5) is 26.3. The van der Waals surface area contributed by atoms with E-state index in [0.717, 1.165) is 12.1 Å². The molecule has 1 atom stereocenters. The van der Waals surface area contributed by atoms with Gasteiger partial charge >= 0.3 is 12.1 Å². The Balaban J connectivity index is 2.02. The number of aromatic amines is 1. The molecule has 0 fully saturated rings. The lowest BCUT2D eigenvalue weighted by atomic mass is 9.98. The average molecular weight is 466 g/mol. The first-order valence-corrected chi connectivity index (χ1v) is 10.6. The summed E-state index contributed by atoms with van der Waals surface area (Å²) in [6.45, 7) is 1.79. The van der Waals surface area contributed by atoms with Crippen LogP contribution in [0, 0.1) is 0 Å². The molecule has 4 rings (SSSR count). The van der Waals surface area contributed by atoms with Gasteiger partial charge < -0.3 is 4.74 Å². The highest BCUT2D eigenvalue weighted by molar-refractivity contribution is 5.84. The molecule has 0 saturated carbocycles. The predicted octanol–water partition coefficient (Wildman–Crippen LogP) is 5.68. The van der Waals surface area contributed by atoms with Gasteiger partial charge in [0.25, 0.3) is 5.56 Å². The summed E-state index contributed by atoms with van der Waals surface area (Å²) >= 11 is 0. The van der Waals surface area contributed by atoms with E-state index in [2.05, 4.69) is 5.10 Å². The SMILES string of the molecule is CCOC(=O)C(c1ccccc1)n1[nH]c(=O)c(-c2cccc(C(F)(F)F)c2)c1-c1ccccc1. The number of H-pyrrole nitrogens is 1. The van der Waals surface area contributed by atoms with Crippen LogP contribution < -0.4 is 5.56 Å².